The van der Waals surface area contributed by atoms with E-state index in [4.69, 9.17) is 0 Å². The van der Waals surface area contributed by atoms with E-state index in [1.54, 1.807) is 0 Å². The summed E-state index contributed by atoms with van der Waals surface area (Å²) in [5, 5.41) is 4.14. The number of aryl methyl sites for hydroxylation is 1. The molecule has 1 N–H and O–H groups in total. The van der Waals surface area contributed by atoms with Crippen LogP contribution in [-0.2, 0) is 18.3 Å². The molecule has 2 aromatic carbocycles. The summed E-state index contributed by atoms with van der Waals surface area (Å²) in [6.07, 6.45) is 0.378. The third-order valence-corrected chi connectivity index (χ3v) is 4.54. The molecule has 0 saturated heterocycles. The van der Waals surface area contributed by atoms with E-state index in [-0.39, 0.29) is 5.91 Å². The Hall–Kier alpha value is -2.75. The van der Waals surface area contributed by atoms with Crippen molar-refractivity contribution < 1.29 is 4.79 Å². The topological polar surface area (TPSA) is 37.3 Å². The number of carbonyl (C=O) groups excluding carboxylic acids is 1. The molecule has 1 heterocycles. The lowest BCUT2D eigenvalue weighted by molar-refractivity contribution is -0.115. The number of hydrogen-bond donors (Lipinski definition) is 1. The largest absolute Gasteiger partial charge is 0.378 e. The first kappa shape index (κ1) is 16.1. The second-order valence-electron chi connectivity index (χ2n) is 6.31. The Bertz CT molecular complexity index is 876. The molecule has 0 unspecified atom stereocenters. The maximum atomic E-state index is 12.5. The minimum absolute atomic E-state index is 0.00653. The maximum absolute atomic E-state index is 12.5. The highest BCUT2D eigenvalue weighted by atomic mass is 16.1. The summed E-state index contributed by atoms with van der Waals surface area (Å²) in [4.78, 5) is 14.5. The van der Waals surface area contributed by atoms with Crippen LogP contribution in [0.3, 0.4) is 0 Å². The van der Waals surface area contributed by atoms with E-state index < -0.39 is 0 Å². The van der Waals surface area contributed by atoms with Gasteiger partial charge in [-0.2, -0.15) is 0 Å². The Labute approximate surface area is 142 Å². The highest BCUT2D eigenvalue weighted by Crippen LogP contribution is 2.25. The lowest BCUT2D eigenvalue weighted by atomic mass is 10.1. The summed E-state index contributed by atoms with van der Waals surface area (Å²) >= 11 is 0. The lowest BCUT2D eigenvalue weighted by Crippen LogP contribution is -2.15. The van der Waals surface area contributed by atoms with Gasteiger partial charge in [-0.05, 0) is 42.8 Å². The third kappa shape index (κ3) is 3.00. The zero-order chi connectivity index (χ0) is 17.3. The number of benzene rings is 2. The normalized spacial score (nSPS) is 10.8. The second kappa shape index (κ2) is 6.40. The predicted octanol–water partition coefficient (Wildman–Crippen LogP) is 3.73. The number of carbonyl (C=O) groups is 1. The van der Waals surface area contributed by atoms with E-state index >= 15 is 0 Å². The monoisotopic (exact) mass is 321 g/mol. The van der Waals surface area contributed by atoms with Crippen molar-refractivity contribution in [3.63, 3.8) is 0 Å². The van der Waals surface area contributed by atoms with E-state index in [1.165, 1.54) is 0 Å². The van der Waals surface area contributed by atoms with Crippen molar-refractivity contribution in [2.24, 2.45) is 7.05 Å². The molecule has 4 nitrogen and oxygen atoms in total. The summed E-state index contributed by atoms with van der Waals surface area (Å²) in [6.45, 7) is 2.06. The van der Waals surface area contributed by atoms with Crippen LogP contribution in [0.25, 0.3) is 10.9 Å². The van der Waals surface area contributed by atoms with Crippen molar-refractivity contribution in [3.05, 3.63) is 59.8 Å². The molecule has 0 saturated carbocycles. The van der Waals surface area contributed by atoms with Crippen molar-refractivity contribution in [2.75, 3.05) is 24.3 Å². The Morgan fingerprint density at radius 2 is 1.75 bits per heavy atom. The summed E-state index contributed by atoms with van der Waals surface area (Å²) in [7, 11) is 6.03. The smallest absolute Gasteiger partial charge is 0.228 e. The molecule has 0 aliphatic carbocycles. The number of nitrogens with one attached hydrogen (secondary N) is 1. The molecule has 0 atom stereocenters. The molecule has 24 heavy (non-hydrogen) atoms. The van der Waals surface area contributed by atoms with Crippen LogP contribution in [0.1, 0.15) is 11.3 Å². The Morgan fingerprint density at radius 3 is 2.42 bits per heavy atom. The standard InChI is InChI=1S/C20H23N3O/c1-14-18(17-7-5-6-8-19(17)23(14)4)13-20(24)21-15-9-11-16(12-10-15)22(2)3/h5-12H,13H2,1-4H3,(H,21,24). The van der Waals surface area contributed by atoms with Crippen LogP contribution in [0.15, 0.2) is 48.5 Å². The second-order valence-corrected chi connectivity index (χ2v) is 6.31. The summed E-state index contributed by atoms with van der Waals surface area (Å²) in [5.74, 6) is 0.00653. The van der Waals surface area contributed by atoms with Gasteiger partial charge in [0, 0.05) is 49.1 Å². The Kier molecular flexibility index (Phi) is 4.30. The van der Waals surface area contributed by atoms with Crippen LogP contribution < -0.4 is 10.2 Å². The van der Waals surface area contributed by atoms with Gasteiger partial charge in [-0.15, -0.1) is 0 Å². The number of para-hydroxylation sites is 1. The van der Waals surface area contributed by atoms with Crippen molar-refractivity contribution in [1.82, 2.24) is 4.57 Å². The van der Waals surface area contributed by atoms with Gasteiger partial charge in [0.05, 0.1) is 6.42 Å². The number of rotatable bonds is 4. The molecule has 0 fully saturated rings. The predicted molar refractivity (Wildman–Crippen MR) is 101 cm³/mol. The van der Waals surface area contributed by atoms with Crippen LogP contribution in [0, 0.1) is 6.92 Å². The van der Waals surface area contributed by atoms with Crippen LogP contribution in [0.4, 0.5) is 11.4 Å². The van der Waals surface area contributed by atoms with E-state index in [9.17, 15) is 4.79 Å². The van der Waals surface area contributed by atoms with Crippen molar-refractivity contribution in [3.8, 4) is 0 Å². The van der Waals surface area contributed by atoms with E-state index in [2.05, 4.69) is 28.9 Å². The molecular formula is C20H23N3O. The molecule has 1 aromatic heterocycles. The molecule has 4 heteroatoms. The SMILES string of the molecule is Cc1c(CC(=O)Nc2ccc(N(C)C)cc2)c2ccccc2n1C. The average molecular weight is 321 g/mol. The van der Waals surface area contributed by atoms with Crippen LogP contribution in [-0.4, -0.2) is 24.6 Å². The van der Waals surface area contributed by atoms with Gasteiger partial charge in [-0.1, -0.05) is 18.2 Å². The minimum Gasteiger partial charge on any atom is -0.378 e. The van der Waals surface area contributed by atoms with Crippen LogP contribution >= 0.6 is 0 Å². The number of anilines is 2. The van der Waals surface area contributed by atoms with Gasteiger partial charge in [-0.25, -0.2) is 0 Å². The zero-order valence-corrected chi connectivity index (χ0v) is 14.6. The lowest BCUT2D eigenvalue weighted by Gasteiger charge is -2.13. The van der Waals surface area contributed by atoms with Crippen molar-refractivity contribution in [1.29, 1.82) is 0 Å². The molecule has 3 aromatic rings. The molecule has 0 aliphatic rings. The van der Waals surface area contributed by atoms with Gasteiger partial charge >= 0.3 is 0 Å². The first-order valence-electron chi connectivity index (χ1n) is 8.07. The molecule has 124 valence electrons. The van der Waals surface area contributed by atoms with Crippen molar-refractivity contribution >= 4 is 28.2 Å². The van der Waals surface area contributed by atoms with E-state index in [1.807, 2.05) is 62.4 Å². The number of aromatic nitrogens is 1. The molecule has 0 bridgehead atoms. The van der Waals surface area contributed by atoms with Gasteiger partial charge in [-0.3, -0.25) is 4.79 Å². The highest BCUT2D eigenvalue weighted by molar-refractivity contribution is 5.96. The van der Waals surface area contributed by atoms with Crippen molar-refractivity contribution in [2.45, 2.75) is 13.3 Å². The van der Waals surface area contributed by atoms with E-state index in [0.29, 0.717) is 6.42 Å². The first-order chi connectivity index (χ1) is 11.5. The average Bonchev–Trinajstić information content (AvgIpc) is 2.81. The molecule has 0 spiro atoms. The fourth-order valence-corrected chi connectivity index (χ4v) is 3.03. The number of amides is 1. The fraction of sp³-hybridized carbons (Fsp3) is 0.250. The van der Waals surface area contributed by atoms with Gasteiger partial charge in [0.1, 0.15) is 0 Å². The molecule has 0 radical (unpaired) electrons. The molecule has 3 rings (SSSR count). The van der Waals surface area contributed by atoms with E-state index in [0.717, 1.165) is 33.5 Å². The van der Waals surface area contributed by atoms with Gasteiger partial charge in [0.2, 0.25) is 5.91 Å². The summed E-state index contributed by atoms with van der Waals surface area (Å²) < 4.78 is 2.14. The summed E-state index contributed by atoms with van der Waals surface area (Å²) in [6, 6.07) is 16.1. The quantitative estimate of drug-likeness (QED) is 0.795. The summed E-state index contributed by atoms with van der Waals surface area (Å²) in [5.41, 5.74) is 5.32. The molecule has 0 aliphatic heterocycles. The molecular weight excluding hydrogens is 298 g/mol. The Balaban J connectivity index is 1.79. The number of fused-ring (bicyclic) bond motifs is 1. The highest BCUT2D eigenvalue weighted by Gasteiger charge is 2.14. The number of hydrogen-bond acceptors (Lipinski definition) is 2. The van der Waals surface area contributed by atoms with Gasteiger partial charge in [0.25, 0.3) is 0 Å². The zero-order valence-electron chi connectivity index (χ0n) is 14.6. The maximum Gasteiger partial charge on any atom is 0.228 e. The van der Waals surface area contributed by atoms with Gasteiger partial charge < -0.3 is 14.8 Å². The third-order valence-electron chi connectivity index (χ3n) is 4.54. The Morgan fingerprint density at radius 1 is 1.08 bits per heavy atom. The van der Waals surface area contributed by atoms with Crippen LogP contribution in [0.5, 0.6) is 0 Å². The fourth-order valence-electron chi connectivity index (χ4n) is 3.03. The van der Waals surface area contributed by atoms with Gasteiger partial charge in [0.15, 0.2) is 0 Å². The van der Waals surface area contributed by atoms with Crippen LogP contribution in [0.2, 0.25) is 0 Å². The number of nitrogens with zero attached hydrogens (tertiary/aromatic N) is 2. The minimum atomic E-state index is 0.00653. The first-order valence-corrected chi connectivity index (χ1v) is 8.07. The molecule has 1 amide bonds.